The Hall–Kier alpha value is -1.61. The van der Waals surface area contributed by atoms with Crippen molar-refractivity contribution in [2.75, 3.05) is 12.4 Å². The van der Waals surface area contributed by atoms with Crippen molar-refractivity contribution < 1.29 is 5.11 Å². The van der Waals surface area contributed by atoms with E-state index in [1.165, 1.54) is 0 Å². The molecule has 2 N–H and O–H groups in total. The van der Waals surface area contributed by atoms with Crippen LogP contribution in [0.3, 0.4) is 0 Å². The highest BCUT2D eigenvalue weighted by Crippen LogP contribution is 2.38. The lowest BCUT2D eigenvalue weighted by Crippen LogP contribution is -1.94. The van der Waals surface area contributed by atoms with Gasteiger partial charge in [-0.05, 0) is 18.2 Å². The molecular weight excluding hydrogens is 384 g/mol. The average Bonchev–Trinajstić information content (AvgIpc) is 3.11. The van der Waals surface area contributed by atoms with Gasteiger partial charge in [0.2, 0.25) is 0 Å². The van der Waals surface area contributed by atoms with Gasteiger partial charge in [-0.25, -0.2) is 15.0 Å². The number of aliphatic hydroxyl groups is 1. The molecule has 0 spiro atoms. The summed E-state index contributed by atoms with van der Waals surface area (Å²) in [5, 5.41) is 10.3. The van der Waals surface area contributed by atoms with Gasteiger partial charge < -0.3 is 10.4 Å². The molecule has 22 heavy (non-hydrogen) atoms. The van der Waals surface area contributed by atoms with Crippen LogP contribution in [0.25, 0.3) is 19.7 Å². The maximum Gasteiger partial charge on any atom is 0.151 e. The molecule has 0 bridgehead atoms. The zero-order chi connectivity index (χ0) is 15.5. The number of hydrogen-bond donors (Lipinski definition) is 2. The van der Waals surface area contributed by atoms with Crippen molar-refractivity contribution in [2.24, 2.45) is 0 Å². The van der Waals surface area contributed by atoms with E-state index < -0.39 is 0 Å². The molecule has 0 fully saturated rings. The fraction of sp³-hybridized carbons (Fsp3) is 0.0714. The third-order valence-corrected chi connectivity index (χ3v) is 5.39. The third-order valence-electron chi connectivity index (χ3n) is 2.84. The lowest BCUT2D eigenvalue weighted by atomic mass is 10.3. The van der Waals surface area contributed by atoms with Gasteiger partial charge in [0.05, 0.1) is 14.9 Å². The molecule has 0 unspecified atom stereocenters. The Labute approximate surface area is 142 Å². The largest absolute Gasteiger partial charge is 0.400 e. The summed E-state index contributed by atoms with van der Waals surface area (Å²) >= 11 is 6.70. The van der Waals surface area contributed by atoms with Gasteiger partial charge in [-0.3, -0.25) is 0 Å². The van der Waals surface area contributed by atoms with Crippen molar-refractivity contribution in [3.05, 3.63) is 40.6 Å². The smallest absolute Gasteiger partial charge is 0.151 e. The summed E-state index contributed by atoms with van der Waals surface area (Å²) in [6.45, 7) is 0. The number of aliphatic hydroxyl groups excluding tert-OH is 1. The number of rotatable bonds is 2. The standard InChI is InChI=1S/C13H7BrN4S2.CH4O/c14-7-2-1-3-8(4-7)18-12-10-9(15-5-16-12)11-13(20-10)17-6-19-11;1-2/h1-6H,(H,15,16,18);2H,1H3. The molecule has 112 valence electrons. The Kier molecular flexibility index (Phi) is 4.63. The minimum absolute atomic E-state index is 0.823. The average molecular weight is 395 g/mol. The monoisotopic (exact) mass is 394 g/mol. The van der Waals surface area contributed by atoms with Crippen molar-refractivity contribution >= 4 is 69.9 Å². The highest BCUT2D eigenvalue weighted by atomic mass is 79.9. The van der Waals surface area contributed by atoms with Gasteiger partial charge in [0.25, 0.3) is 0 Å². The number of aromatic nitrogens is 3. The number of halogens is 1. The molecule has 0 atom stereocenters. The Balaban J connectivity index is 0.000000693. The fourth-order valence-electron chi connectivity index (χ4n) is 1.99. The first-order valence-corrected chi connectivity index (χ1v) is 8.74. The second-order valence-corrected chi connectivity index (χ2v) is 6.89. The lowest BCUT2D eigenvalue weighted by Gasteiger charge is -2.06. The van der Waals surface area contributed by atoms with Gasteiger partial charge in [0.15, 0.2) is 5.82 Å². The van der Waals surface area contributed by atoms with Crippen molar-refractivity contribution in [2.45, 2.75) is 0 Å². The minimum Gasteiger partial charge on any atom is -0.400 e. The predicted molar refractivity (Wildman–Crippen MR) is 96.2 cm³/mol. The summed E-state index contributed by atoms with van der Waals surface area (Å²) < 4.78 is 3.20. The van der Waals surface area contributed by atoms with Gasteiger partial charge in [0.1, 0.15) is 16.7 Å². The van der Waals surface area contributed by atoms with Gasteiger partial charge in [-0.2, -0.15) is 0 Å². The van der Waals surface area contributed by atoms with Crippen LogP contribution in [0.15, 0.2) is 40.6 Å². The SMILES string of the molecule is Brc1cccc(Nc2ncnc3c2sc2ncsc23)c1.CO. The van der Waals surface area contributed by atoms with Crippen molar-refractivity contribution in [1.29, 1.82) is 0 Å². The molecule has 3 aromatic heterocycles. The number of thiazole rings is 1. The van der Waals surface area contributed by atoms with Crippen LogP contribution in [0, 0.1) is 0 Å². The van der Waals surface area contributed by atoms with Crippen LogP contribution in [0.4, 0.5) is 11.5 Å². The number of hydrogen-bond acceptors (Lipinski definition) is 7. The van der Waals surface area contributed by atoms with Crippen LogP contribution in [0.2, 0.25) is 0 Å². The van der Waals surface area contributed by atoms with E-state index >= 15 is 0 Å². The van der Waals surface area contributed by atoms with E-state index in [2.05, 4.69) is 36.2 Å². The second kappa shape index (κ2) is 6.66. The number of nitrogens with one attached hydrogen (secondary N) is 1. The summed E-state index contributed by atoms with van der Waals surface area (Å²) in [6.07, 6.45) is 1.59. The van der Waals surface area contributed by atoms with E-state index in [1.54, 1.807) is 29.0 Å². The van der Waals surface area contributed by atoms with Gasteiger partial charge in [0, 0.05) is 17.3 Å². The fourth-order valence-corrected chi connectivity index (χ4v) is 4.41. The first-order chi connectivity index (χ1) is 10.8. The third kappa shape index (κ3) is 2.82. The van der Waals surface area contributed by atoms with E-state index in [0.717, 1.165) is 42.8 Å². The first-order valence-electron chi connectivity index (χ1n) is 6.25. The van der Waals surface area contributed by atoms with Gasteiger partial charge in [-0.15, -0.1) is 22.7 Å². The van der Waals surface area contributed by atoms with E-state index in [9.17, 15) is 0 Å². The minimum atomic E-state index is 0.823. The maximum absolute atomic E-state index is 7.00. The molecule has 5 nitrogen and oxygen atoms in total. The van der Waals surface area contributed by atoms with Crippen LogP contribution in [0.1, 0.15) is 0 Å². The molecule has 0 aliphatic rings. The number of benzene rings is 1. The Morgan fingerprint density at radius 3 is 2.82 bits per heavy atom. The first kappa shape index (κ1) is 15.3. The molecule has 4 aromatic rings. The number of fused-ring (bicyclic) bond motifs is 3. The van der Waals surface area contributed by atoms with Crippen molar-refractivity contribution in [1.82, 2.24) is 15.0 Å². The van der Waals surface area contributed by atoms with Crippen molar-refractivity contribution in [3.8, 4) is 0 Å². The summed E-state index contributed by atoms with van der Waals surface area (Å²) in [6, 6.07) is 8.00. The van der Waals surface area contributed by atoms with E-state index in [4.69, 9.17) is 5.11 Å². The Bertz CT molecular complexity index is 921. The highest BCUT2D eigenvalue weighted by Gasteiger charge is 2.13. The van der Waals surface area contributed by atoms with Crippen LogP contribution in [-0.4, -0.2) is 27.2 Å². The quantitative estimate of drug-likeness (QED) is 0.526. The molecule has 0 saturated heterocycles. The van der Waals surface area contributed by atoms with Crippen LogP contribution >= 0.6 is 38.6 Å². The summed E-state index contributed by atoms with van der Waals surface area (Å²) in [7, 11) is 1.00. The normalized spacial score (nSPS) is 10.5. The number of nitrogens with zero attached hydrogens (tertiary/aromatic N) is 3. The van der Waals surface area contributed by atoms with E-state index in [1.807, 2.05) is 29.8 Å². The molecule has 0 radical (unpaired) electrons. The molecule has 3 heterocycles. The molecule has 0 amide bonds. The molecule has 4 rings (SSSR count). The molecule has 1 aromatic carbocycles. The van der Waals surface area contributed by atoms with Crippen LogP contribution in [-0.2, 0) is 0 Å². The topological polar surface area (TPSA) is 70.9 Å². The maximum atomic E-state index is 7.00. The molecule has 0 aliphatic carbocycles. The summed E-state index contributed by atoms with van der Waals surface area (Å²) in [5.74, 6) is 0.823. The number of thiophene rings is 1. The molecule has 8 heteroatoms. The summed E-state index contributed by atoms with van der Waals surface area (Å²) in [4.78, 5) is 14.1. The lowest BCUT2D eigenvalue weighted by molar-refractivity contribution is 0.399. The van der Waals surface area contributed by atoms with Gasteiger partial charge in [-0.1, -0.05) is 22.0 Å². The Morgan fingerprint density at radius 1 is 1.14 bits per heavy atom. The molecular formula is C14H11BrN4OS2. The van der Waals surface area contributed by atoms with Crippen molar-refractivity contribution in [3.63, 3.8) is 0 Å². The molecule has 0 saturated carbocycles. The zero-order valence-corrected chi connectivity index (χ0v) is 14.7. The summed E-state index contributed by atoms with van der Waals surface area (Å²) in [5.41, 5.74) is 3.81. The van der Waals surface area contributed by atoms with Gasteiger partial charge >= 0.3 is 0 Å². The van der Waals surface area contributed by atoms with E-state index in [0.29, 0.717) is 0 Å². The second-order valence-electron chi connectivity index (χ2n) is 4.12. The predicted octanol–water partition coefficient (Wildman–Crippen LogP) is 4.42. The zero-order valence-electron chi connectivity index (χ0n) is 11.4. The van der Waals surface area contributed by atoms with Crippen LogP contribution < -0.4 is 5.32 Å². The highest BCUT2D eigenvalue weighted by molar-refractivity contribution is 9.10. The van der Waals surface area contributed by atoms with Crippen LogP contribution in [0.5, 0.6) is 0 Å². The number of anilines is 2. The van der Waals surface area contributed by atoms with E-state index in [-0.39, 0.29) is 0 Å². The molecule has 0 aliphatic heterocycles. The Morgan fingerprint density at radius 2 is 2.00 bits per heavy atom.